The van der Waals surface area contributed by atoms with Gasteiger partial charge < -0.3 is 0 Å². The molecule has 0 aliphatic heterocycles. The number of thiophene rings is 2. The van der Waals surface area contributed by atoms with Gasteiger partial charge in [0.05, 0.1) is 21.4 Å². The molecule has 0 bridgehead atoms. The Bertz CT molecular complexity index is 2800. The quantitative estimate of drug-likeness (QED) is 0.184. The minimum atomic E-state index is 0.650. The Balaban J connectivity index is 1.32. The van der Waals surface area contributed by atoms with Crippen molar-refractivity contribution in [2.45, 2.75) is 0 Å². The van der Waals surface area contributed by atoms with Crippen LogP contribution in [0.25, 0.3) is 96.1 Å². The number of nitrogens with zero attached hydrogens (tertiary/aromatic N) is 3. The molecule has 0 spiro atoms. The molecule has 4 aromatic heterocycles. The maximum absolute atomic E-state index is 5.41. The highest BCUT2D eigenvalue weighted by Crippen LogP contribution is 2.45. The van der Waals surface area contributed by atoms with Gasteiger partial charge in [0.2, 0.25) is 0 Å². The van der Waals surface area contributed by atoms with Crippen molar-refractivity contribution in [1.29, 1.82) is 0 Å². The summed E-state index contributed by atoms with van der Waals surface area (Å²) in [6.07, 6.45) is 0. The maximum atomic E-state index is 5.41. The molecule has 10 rings (SSSR count). The van der Waals surface area contributed by atoms with Crippen molar-refractivity contribution >= 4 is 84.8 Å². The first-order chi connectivity index (χ1) is 22.8. The Morgan fingerprint density at radius 3 is 1.85 bits per heavy atom. The maximum Gasteiger partial charge on any atom is 0.180 e. The van der Waals surface area contributed by atoms with Gasteiger partial charge in [0.25, 0.3) is 0 Å². The van der Waals surface area contributed by atoms with E-state index in [4.69, 9.17) is 15.0 Å². The van der Waals surface area contributed by atoms with Gasteiger partial charge in [-0.25, -0.2) is 15.0 Å². The zero-order chi connectivity index (χ0) is 30.2. The third-order valence-corrected chi connectivity index (χ3v) is 11.2. The lowest BCUT2D eigenvalue weighted by atomic mass is 9.98. The van der Waals surface area contributed by atoms with Gasteiger partial charge in [-0.1, -0.05) is 115 Å². The van der Waals surface area contributed by atoms with E-state index in [0.717, 1.165) is 48.8 Å². The molecule has 5 heteroatoms. The van der Waals surface area contributed by atoms with Crippen LogP contribution in [0, 0.1) is 0 Å². The summed E-state index contributed by atoms with van der Waals surface area (Å²) in [7, 11) is 0. The van der Waals surface area contributed by atoms with Crippen molar-refractivity contribution in [1.82, 2.24) is 15.0 Å². The summed E-state index contributed by atoms with van der Waals surface area (Å²) in [5.41, 5.74) is 7.11. The fourth-order valence-corrected chi connectivity index (χ4v) is 9.04. The van der Waals surface area contributed by atoms with Crippen molar-refractivity contribution in [2.75, 3.05) is 0 Å². The molecule has 0 unspecified atom stereocenters. The molecule has 0 aliphatic carbocycles. The summed E-state index contributed by atoms with van der Waals surface area (Å²) in [4.78, 5) is 16.1. The molecule has 0 N–H and O–H groups in total. The highest BCUT2D eigenvalue weighted by atomic mass is 32.1. The molecule has 0 atom stereocenters. The van der Waals surface area contributed by atoms with Crippen LogP contribution < -0.4 is 0 Å². The largest absolute Gasteiger partial charge is 0.244 e. The molecule has 10 aromatic rings. The predicted molar refractivity (Wildman–Crippen MR) is 197 cm³/mol. The number of hydrogen-bond donors (Lipinski definition) is 0. The molecule has 214 valence electrons. The van der Waals surface area contributed by atoms with Crippen molar-refractivity contribution < 1.29 is 0 Å². The minimum absolute atomic E-state index is 0.650. The first kappa shape index (κ1) is 25.8. The molecular weight excluding hydrogens is 599 g/mol. The van der Waals surface area contributed by atoms with E-state index in [1.54, 1.807) is 11.3 Å². The fraction of sp³-hybridized carbons (Fsp3) is 0. The second-order valence-corrected chi connectivity index (χ2v) is 13.7. The van der Waals surface area contributed by atoms with Crippen LogP contribution in [0.1, 0.15) is 0 Å². The molecule has 0 fully saturated rings. The van der Waals surface area contributed by atoms with E-state index in [1.165, 1.54) is 41.4 Å². The average Bonchev–Trinajstić information content (AvgIpc) is 3.70. The zero-order valence-corrected chi connectivity index (χ0v) is 26.1. The van der Waals surface area contributed by atoms with Gasteiger partial charge in [-0.15, -0.1) is 22.7 Å². The number of pyridine rings is 1. The minimum Gasteiger partial charge on any atom is -0.244 e. The topological polar surface area (TPSA) is 38.7 Å². The lowest BCUT2D eigenvalue weighted by molar-refractivity contribution is 1.21. The number of hydrogen-bond acceptors (Lipinski definition) is 5. The number of benzene rings is 6. The molecular formula is C41H23N3S2. The van der Waals surface area contributed by atoms with Crippen molar-refractivity contribution in [3.05, 3.63) is 140 Å². The molecule has 0 saturated heterocycles. The monoisotopic (exact) mass is 621 g/mol. The molecule has 3 nitrogen and oxygen atoms in total. The Hall–Kier alpha value is -5.49. The van der Waals surface area contributed by atoms with Crippen LogP contribution in [0.4, 0.5) is 0 Å². The summed E-state index contributed by atoms with van der Waals surface area (Å²) in [5.74, 6) is 0.650. The second-order valence-electron chi connectivity index (χ2n) is 11.6. The molecule has 0 radical (unpaired) electrons. The first-order valence-electron chi connectivity index (χ1n) is 15.3. The Morgan fingerprint density at radius 2 is 1.02 bits per heavy atom. The number of rotatable bonds is 3. The molecule has 46 heavy (non-hydrogen) atoms. The van der Waals surface area contributed by atoms with E-state index in [-0.39, 0.29) is 0 Å². The normalized spacial score (nSPS) is 11.9. The van der Waals surface area contributed by atoms with E-state index in [1.807, 2.05) is 11.3 Å². The van der Waals surface area contributed by atoms with Gasteiger partial charge in [0.15, 0.2) is 5.82 Å². The summed E-state index contributed by atoms with van der Waals surface area (Å²) in [6.45, 7) is 0. The summed E-state index contributed by atoms with van der Waals surface area (Å²) in [6, 6.07) is 49.4. The van der Waals surface area contributed by atoms with E-state index < -0.39 is 0 Å². The number of para-hydroxylation sites is 1. The van der Waals surface area contributed by atoms with Gasteiger partial charge in [-0.3, -0.25) is 0 Å². The van der Waals surface area contributed by atoms with Crippen LogP contribution in [-0.2, 0) is 0 Å². The van der Waals surface area contributed by atoms with Crippen molar-refractivity contribution in [2.24, 2.45) is 0 Å². The van der Waals surface area contributed by atoms with Gasteiger partial charge >= 0.3 is 0 Å². The van der Waals surface area contributed by atoms with Gasteiger partial charge in [0.1, 0.15) is 5.69 Å². The summed E-state index contributed by atoms with van der Waals surface area (Å²) < 4.78 is 4.80. The van der Waals surface area contributed by atoms with Gasteiger partial charge in [-0.05, 0) is 40.8 Å². The molecule has 0 saturated carbocycles. The van der Waals surface area contributed by atoms with Gasteiger partial charge in [0, 0.05) is 46.6 Å². The number of fused-ring (bicyclic) bond motifs is 10. The summed E-state index contributed by atoms with van der Waals surface area (Å²) >= 11 is 3.58. The second kappa shape index (κ2) is 10.0. The predicted octanol–water partition coefficient (Wildman–Crippen LogP) is 11.9. The van der Waals surface area contributed by atoms with Crippen LogP contribution >= 0.6 is 22.7 Å². The molecule has 0 aliphatic rings. The first-order valence-corrected chi connectivity index (χ1v) is 16.9. The SMILES string of the molecule is c1ccc(-c2ccc(-c3nc(-c4nc5ccccc5c5ccc6sc7ccccc7c6c45)nc4c3sc3ccccc34)cc2)cc1. The van der Waals surface area contributed by atoms with Crippen LogP contribution in [0.15, 0.2) is 140 Å². The average molecular weight is 622 g/mol. The van der Waals surface area contributed by atoms with Gasteiger partial charge in [-0.2, -0.15) is 0 Å². The lowest BCUT2D eigenvalue weighted by Gasteiger charge is -2.12. The van der Waals surface area contributed by atoms with E-state index in [2.05, 4.69) is 140 Å². The standard InChI is InChI=1S/C41H23N3S2/c1-2-10-24(11-3-1)25-18-20-26(21-19-25)37-40-38(30-14-6-9-17-33(30)46-40)44-41(43-37)39-36-28(27-12-4-7-15-31(27)42-39)22-23-34-35(36)29-13-5-8-16-32(29)45-34/h1-23H. The van der Waals surface area contributed by atoms with Crippen LogP contribution in [-0.4, -0.2) is 15.0 Å². The molecule has 4 heterocycles. The van der Waals surface area contributed by atoms with E-state index >= 15 is 0 Å². The van der Waals surface area contributed by atoms with Crippen LogP contribution in [0.2, 0.25) is 0 Å². The highest BCUT2D eigenvalue weighted by molar-refractivity contribution is 7.26. The number of aromatic nitrogens is 3. The Kier molecular flexibility index (Phi) is 5.61. The zero-order valence-electron chi connectivity index (χ0n) is 24.4. The van der Waals surface area contributed by atoms with E-state index in [0.29, 0.717) is 5.82 Å². The van der Waals surface area contributed by atoms with Crippen molar-refractivity contribution in [3.8, 4) is 33.9 Å². The Morgan fingerprint density at radius 1 is 0.370 bits per heavy atom. The smallest absolute Gasteiger partial charge is 0.180 e. The van der Waals surface area contributed by atoms with E-state index in [9.17, 15) is 0 Å². The molecule has 0 amide bonds. The Labute approximate surface area is 272 Å². The van der Waals surface area contributed by atoms with Crippen molar-refractivity contribution in [3.63, 3.8) is 0 Å². The fourth-order valence-electron chi connectivity index (χ4n) is 6.77. The third kappa shape index (κ3) is 3.86. The molecule has 6 aromatic carbocycles. The summed E-state index contributed by atoms with van der Waals surface area (Å²) in [5, 5.41) is 7.02. The van der Waals surface area contributed by atoms with Crippen LogP contribution in [0.3, 0.4) is 0 Å². The highest BCUT2D eigenvalue weighted by Gasteiger charge is 2.22. The lowest BCUT2D eigenvalue weighted by Crippen LogP contribution is -1.98. The van der Waals surface area contributed by atoms with Crippen LogP contribution in [0.5, 0.6) is 0 Å². The third-order valence-electron chi connectivity index (χ3n) is 8.90.